The summed E-state index contributed by atoms with van der Waals surface area (Å²) in [5, 5.41) is 2.91. The molecule has 0 spiro atoms. The van der Waals surface area contributed by atoms with Crippen molar-refractivity contribution in [3.63, 3.8) is 0 Å². The molecular weight excluding hydrogens is 401 g/mol. The first kappa shape index (κ1) is 20.0. The zero-order chi connectivity index (χ0) is 20.9. The van der Waals surface area contributed by atoms with Gasteiger partial charge in [0.1, 0.15) is 12.4 Å². The van der Waals surface area contributed by atoms with E-state index in [0.717, 1.165) is 21.7 Å². The first-order valence-electron chi connectivity index (χ1n) is 9.56. The Morgan fingerprint density at radius 2 is 1.80 bits per heavy atom. The van der Waals surface area contributed by atoms with Crippen LogP contribution in [0.4, 0.5) is 10.1 Å². The Labute approximate surface area is 178 Å². The third-order valence-electron chi connectivity index (χ3n) is 4.45. The van der Waals surface area contributed by atoms with Crippen molar-refractivity contribution in [3.05, 3.63) is 88.6 Å². The molecule has 1 aliphatic rings. The number of rotatable bonds is 6. The van der Waals surface area contributed by atoms with E-state index in [1.54, 1.807) is 12.1 Å². The molecular formula is C24H20FNO3S. The molecule has 30 heavy (non-hydrogen) atoms. The van der Waals surface area contributed by atoms with Crippen LogP contribution in [0, 0.1) is 5.82 Å². The topological polar surface area (TPSA) is 47.6 Å². The Morgan fingerprint density at radius 3 is 2.60 bits per heavy atom. The predicted molar refractivity (Wildman–Crippen MR) is 117 cm³/mol. The van der Waals surface area contributed by atoms with Crippen LogP contribution in [0.3, 0.4) is 0 Å². The molecule has 1 amide bonds. The van der Waals surface area contributed by atoms with E-state index in [1.807, 2.05) is 55.5 Å². The number of amides is 1. The molecule has 0 atom stereocenters. The van der Waals surface area contributed by atoms with Gasteiger partial charge in [0.2, 0.25) is 0 Å². The molecule has 6 heteroatoms. The van der Waals surface area contributed by atoms with E-state index in [0.29, 0.717) is 29.6 Å². The first-order chi connectivity index (χ1) is 14.6. The lowest BCUT2D eigenvalue weighted by Gasteiger charge is -2.18. The summed E-state index contributed by atoms with van der Waals surface area (Å²) in [6, 6.07) is 19.4. The molecule has 0 saturated heterocycles. The minimum absolute atomic E-state index is 0.131. The number of carbonyl (C=O) groups is 1. The molecule has 0 saturated carbocycles. The third kappa shape index (κ3) is 4.66. The molecule has 3 aromatic rings. The average molecular weight is 421 g/mol. The highest BCUT2D eigenvalue weighted by atomic mass is 32.2. The maximum atomic E-state index is 13.1. The van der Waals surface area contributed by atoms with Crippen LogP contribution in [0.5, 0.6) is 11.5 Å². The maximum Gasteiger partial charge on any atom is 0.262 e. The van der Waals surface area contributed by atoms with Crippen molar-refractivity contribution in [2.24, 2.45) is 0 Å². The Morgan fingerprint density at radius 1 is 1.00 bits per heavy atom. The van der Waals surface area contributed by atoms with Crippen molar-refractivity contribution < 1.29 is 18.7 Å². The van der Waals surface area contributed by atoms with Gasteiger partial charge in [0.05, 0.1) is 17.2 Å². The van der Waals surface area contributed by atoms with Crippen molar-refractivity contribution >= 4 is 29.4 Å². The van der Waals surface area contributed by atoms with Gasteiger partial charge in [-0.3, -0.25) is 4.79 Å². The second-order valence-electron chi connectivity index (χ2n) is 6.62. The summed E-state index contributed by atoms with van der Waals surface area (Å²) in [7, 11) is 0. The quantitative estimate of drug-likeness (QED) is 0.504. The van der Waals surface area contributed by atoms with E-state index in [4.69, 9.17) is 9.47 Å². The van der Waals surface area contributed by atoms with Crippen LogP contribution in [0.15, 0.2) is 76.5 Å². The number of fused-ring (bicyclic) bond motifs is 1. The lowest BCUT2D eigenvalue weighted by molar-refractivity contribution is -0.112. The molecule has 152 valence electrons. The molecule has 1 heterocycles. The van der Waals surface area contributed by atoms with E-state index >= 15 is 0 Å². The summed E-state index contributed by atoms with van der Waals surface area (Å²) < 4.78 is 24.7. The molecule has 0 unspecified atom stereocenters. The van der Waals surface area contributed by atoms with Crippen molar-refractivity contribution in [2.75, 3.05) is 11.9 Å². The van der Waals surface area contributed by atoms with Crippen LogP contribution in [-0.2, 0) is 11.4 Å². The van der Waals surface area contributed by atoms with Gasteiger partial charge in [-0.2, -0.15) is 0 Å². The lowest BCUT2D eigenvalue weighted by Crippen LogP contribution is -2.17. The molecule has 1 aliphatic heterocycles. The third-order valence-corrected chi connectivity index (χ3v) is 5.55. The highest BCUT2D eigenvalue weighted by Crippen LogP contribution is 2.39. The van der Waals surface area contributed by atoms with E-state index in [-0.39, 0.29) is 11.7 Å². The highest BCUT2D eigenvalue weighted by molar-refractivity contribution is 8.04. The highest BCUT2D eigenvalue weighted by Gasteiger charge is 2.20. The van der Waals surface area contributed by atoms with Gasteiger partial charge in [0.25, 0.3) is 5.91 Å². The number of hydrogen-bond donors (Lipinski definition) is 1. The number of anilines is 1. The first-order valence-corrected chi connectivity index (χ1v) is 10.4. The Balaban J connectivity index is 1.54. The molecule has 0 aromatic heterocycles. The number of hydrogen-bond acceptors (Lipinski definition) is 4. The second-order valence-corrected chi connectivity index (χ2v) is 7.70. The number of nitrogens with one attached hydrogen (secondary N) is 1. The van der Waals surface area contributed by atoms with Crippen LogP contribution in [0.25, 0.3) is 6.08 Å². The summed E-state index contributed by atoms with van der Waals surface area (Å²) in [4.78, 5) is 14.1. The van der Waals surface area contributed by atoms with Gasteiger partial charge in [0.15, 0.2) is 11.5 Å². The standard InChI is InChI=1S/C24H20FNO3S/c1-2-28-21-13-17(9-12-20(21)29-15-16-7-10-18(25)11-8-16)14-23-24(27)26-19-5-3-4-6-22(19)30-23/h3-14H,2,15H2,1H3,(H,26,27)/b23-14-. The molecule has 0 aliphatic carbocycles. The minimum atomic E-state index is -0.279. The second kappa shape index (κ2) is 9.05. The lowest BCUT2D eigenvalue weighted by atomic mass is 10.1. The largest absolute Gasteiger partial charge is 0.490 e. The number of benzene rings is 3. The van der Waals surface area contributed by atoms with Gasteiger partial charge in [-0.15, -0.1) is 0 Å². The van der Waals surface area contributed by atoms with Crippen LogP contribution >= 0.6 is 11.8 Å². The summed E-state index contributed by atoms with van der Waals surface area (Å²) in [6.07, 6.45) is 1.84. The fraction of sp³-hybridized carbons (Fsp3) is 0.125. The van der Waals surface area contributed by atoms with E-state index in [2.05, 4.69) is 5.32 Å². The molecule has 1 N–H and O–H groups in total. The summed E-state index contributed by atoms with van der Waals surface area (Å²) >= 11 is 1.44. The zero-order valence-corrected chi connectivity index (χ0v) is 17.2. The van der Waals surface area contributed by atoms with Crippen LogP contribution in [0.2, 0.25) is 0 Å². The summed E-state index contributed by atoms with van der Waals surface area (Å²) in [5.41, 5.74) is 2.52. The molecule has 4 rings (SSSR count). The van der Waals surface area contributed by atoms with Gasteiger partial charge < -0.3 is 14.8 Å². The van der Waals surface area contributed by atoms with Crippen molar-refractivity contribution in [2.45, 2.75) is 18.4 Å². The molecule has 4 nitrogen and oxygen atoms in total. The summed E-state index contributed by atoms with van der Waals surface area (Å²) in [6.45, 7) is 2.68. The van der Waals surface area contributed by atoms with Crippen LogP contribution in [0.1, 0.15) is 18.1 Å². The van der Waals surface area contributed by atoms with Gasteiger partial charge >= 0.3 is 0 Å². The van der Waals surface area contributed by atoms with Gasteiger partial charge in [-0.1, -0.05) is 42.1 Å². The fourth-order valence-corrected chi connectivity index (χ4v) is 3.95. The molecule has 0 radical (unpaired) electrons. The number of halogens is 1. The number of ether oxygens (including phenoxy) is 2. The number of thioether (sulfide) groups is 1. The number of carbonyl (C=O) groups excluding carboxylic acids is 1. The Hall–Kier alpha value is -3.25. The van der Waals surface area contributed by atoms with Gasteiger partial charge in [-0.25, -0.2) is 4.39 Å². The van der Waals surface area contributed by atoms with Gasteiger partial charge in [0, 0.05) is 4.90 Å². The predicted octanol–water partition coefficient (Wildman–Crippen LogP) is 5.89. The fourth-order valence-electron chi connectivity index (χ4n) is 3.00. The normalized spacial score (nSPS) is 14.2. The minimum Gasteiger partial charge on any atom is -0.490 e. The number of para-hydroxylation sites is 1. The summed E-state index contributed by atoms with van der Waals surface area (Å²) in [5.74, 6) is 0.775. The van der Waals surface area contributed by atoms with Crippen molar-refractivity contribution in [1.29, 1.82) is 0 Å². The average Bonchev–Trinajstić information content (AvgIpc) is 2.75. The van der Waals surface area contributed by atoms with Crippen LogP contribution < -0.4 is 14.8 Å². The maximum absolute atomic E-state index is 13.1. The molecule has 0 bridgehead atoms. The van der Waals surface area contributed by atoms with E-state index in [9.17, 15) is 9.18 Å². The monoisotopic (exact) mass is 421 g/mol. The Bertz CT molecular complexity index is 1100. The van der Waals surface area contributed by atoms with Crippen molar-refractivity contribution in [3.8, 4) is 11.5 Å². The smallest absolute Gasteiger partial charge is 0.262 e. The van der Waals surface area contributed by atoms with E-state index < -0.39 is 0 Å². The van der Waals surface area contributed by atoms with Crippen molar-refractivity contribution in [1.82, 2.24) is 0 Å². The van der Waals surface area contributed by atoms with E-state index in [1.165, 1.54) is 23.9 Å². The molecule has 0 fully saturated rings. The SMILES string of the molecule is CCOc1cc(/C=C2\Sc3ccccc3NC2=O)ccc1OCc1ccc(F)cc1. The molecule has 3 aromatic carbocycles. The van der Waals surface area contributed by atoms with Crippen LogP contribution in [-0.4, -0.2) is 12.5 Å². The van der Waals surface area contributed by atoms with Gasteiger partial charge in [-0.05, 0) is 60.5 Å². The Kier molecular flexibility index (Phi) is 6.05. The zero-order valence-electron chi connectivity index (χ0n) is 16.4.